The summed E-state index contributed by atoms with van der Waals surface area (Å²) in [6.45, 7) is 0.652. The molecule has 0 saturated carbocycles. The monoisotopic (exact) mass is 399 g/mol. The fraction of sp³-hybridized carbons (Fsp3) is 0.333. The molecule has 29 heavy (non-hydrogen) atoms. The first-order valence-electron chi connectivity index (χ1n) is 9.44. The predicted molar refractivity (Wildman–Crippen MR) is 108 cm³/mol. The van der Waals surface area contributed by atoms with Gasteiger partial charge in [0.1, 0.15) is 11.5 Å². The number of rotatable bonds is 4. The number of benzene rings is 2. The zero-order valence-corrected chi connectivity index (χ0v) is 16.2. The summed E-state index contributed by atoms with van der Waals surface area (Å²) in [4.78, 5) is 26.8. The van der Waals surface area contributed by atoms with Crippen LogP contribution in [0.15, 0.2) is 48.5 Å². The molecule has 0 bridgehead atoms. The second kappa shape index (κ2) is 9.29. The second-order valence-corrected chi connectivity index (χ2v) is 6.94. The summed E-state index contributed by atoms with van der Waals surface area (Å²) < 4.78 is 5.17. The highest BCUT2D eigenvalue weighted by Crippen LogP contribution is 2.19. The number of ether oxygens (including phenoxy) is 1. The van der Waals surface area contributed by atoms with Crippen molar-refractivity contribution in [3.05, 3.63) is 54.1 Å². The van der Waals surface area contributed by atoms with Crippen LogP contribution in [0.3, 0.4) is 0 Å². The number of nitrogens with one attached hydrogen (secondary N) is 2. The van der Waals surface area contributed by atoms with Gasteiger partial charge in [-0.3, -0.25) is 4.79 Å². The number of carbonyl (C=O) groups excluding carboxylic acids is 2. The normalized spacial score (nSPS) is 19.2. The summed E-state index contributed by atoms with van der Waals surface area (Å²) in [7, 11) is 1.55. The minimum atomic E-state index is -0.759. The molecule has 8 nitrogen and oxygen atoms in total. The second-order valence-electron chi connectivity index (χ2n) is 6.94. The SMILES string of the molecule is COc1cccc(NC(=O)N2CCC[C@@H](O)[C@H](NC(=O)c3ccc(O)cc3)C2)c1. The van der Waals surface area contributed by atoms with E-state index in [1.165, 1.54) is 24.3 Å². The molecule has 8 heteroatoms. The van der Waals surface area contributed by atoms with Gasteiger partial charge in [0.05, 0.1) is 19.3 Å². The first kappa shape index (κ1) is 20.5. The topological polar surface area (TPSA) is 111 Å². The number of carbonyl (C=O) groups is 2. The van der Waals surface area contributed by atoms with Crippen LogP contribution in [0.1, 0.15) is 23.2 Å². The molecule has 0 aromatic heterocycles. The number of aliphatic hydroxyl groups is 1. The van der Waals surface area contributed by atoms with Crippen LogP contribution in [0.4, 0.5) is 10.5 Å². The number of nitrogens with zero attached hydrogens (tertiary/aromatic N) is 1. The van der Waals surface area contributed by atoms with Gasteiger partial charge in [-0.2, -0.15) is 0 Å². The molecule has 2 aromatic rings. The van der Waals surface area contributed by atoms with Crippen molar-refractivity contribution in [3.8, 4) is 11.5 Å². The van der Waals surface area contributed by atoms with Gasteiger partial charge >= 0.3 is 6.03 Å². The third kappa shape index (κ3) is 5.39. The predicted octanol–water partition coefficient (Wildman–Crippen LogP) is 2.19. The maximum atomic E-state index is 12.7. The molecule has 3 amide bonds. The van der Waals surface area contributed by atoms with Crippen molar-refractivity contribution in [1.82, 2.24) is 10.2 Å². The molecule has 1 aliphatic rings. The van der Waals surface area contributed by atoms with Crippen molar-refractivity contribution in [2.45, 2.75) is 25.0 Å². The minimum Gasteiger partial charge on any atom is -0.508 e. The molecular formula is C21H25N3O5. The Hall–Kier alpha value is -3.26. The van der Waals surface area contributed by atoms with Gasteiger partial charge in [0.15, 0.2) is 0 Å². The number of methoxy groups -OCH3 is 1. The van der Waals surface area contributed by atoms with Crippen LogP contribution in [0.5, 0.6) is 11.5 Å². The molecule has 1 fully saturated rings. The summed E-state index contributed by atoms with van der Waals surface area (Å²) in [6.07, 6.45) is 0.340. The molecule has 0 unspecified atom stereocenters. The van der Waals surface area contributed by atoms with Gasteiger partial charge < -0.3 is 30.5 Å². The number of likely N-dealkylation sites (tertiary alicyclic amines) is 1. The molecule has 4 N–H and O–H groups in total. The molecule has 154 valence electrons. The number of hydrogen-bond donors (Lipinski definition) is 4. The van der Waals surface area contributed by atoms with Crippen LogP contribution in [0, 0.1) is 0 Å². The van der Waals surface area contributed by atoms with Gasteiger partial charge in [0, 0.05) is 30.4 Å². The molecule has 2 atom stereocenters. The lowest BCUT2D eigenvalue weighted by atomic mass is 10.1. The molecule has 1 saturated heterocycles. The Bertz CT molecular complexity index is 856. The quantitative estimate of drug-likeness (QED) is 0.630. The Balaban J connectivity index is 1.66. The van der Waals surface area contributed by atoms with Gasteiger partial charge in [0.25, 0.3) is 5.91 Å². The third-order valence-electron chi connectivity index (χ3n) is 4.86. The van der Waals surface area contributed by atoms with E-state index >= 15 is 0 Å². The van der Waals surface area contributed by atoms with Crippen molar-refractivity contribution in [2.24, 2.45) is 0 Å². The van der Waals surface area contributed by atoms with Crippen molar-refractivity contribution >= 4 is 17.6 Å². The average molecular weight is 399 g/mol. The number of aliphatic hydroxyl groups excluding tert-OH is 1. The van der Waals surface area contributed by atoms with E-state index in [0.717, 1.165) is 0 Å². The van der Waals surface area contributed by atoms with Gasteiger partial charge in [-0.15, -0.1) is 0 Å². The standard InChI is InChI=1S/C21H25N3O5/c1-29-17-5-2-4-15(12-17)22-21(28)24-11-3-6-19(26)18(13-24)23-20(27)14-7-9-16(25)10-8-14/h2,4-5,7-10,12,18-19,25-26H,3,6,11,13H2,1H3,(H,22,28)(H,23,27)/t18-,19-/m1/s1. The van der Waals surface area contributed by atoms with E-state index in [4.69, 9.17) is 4.74 Å². The third-order valence-corrected chi connectivity index (χ3v) is 4.86. The summed E-state index contributed by atoms with van der Waals surface area (Å²) in [5, 5.41) is 25.4. The van der Waals surface area contributed by atoms with Crippen LogP contribution in [0.2, 0.25) is 0 Å². The highest BCUT2D eigenvalue weighted by Gasteiger charge is 2.29. The van der Waals surface area contributed by atoms with Crippen LogP contribution in [-0.2, 0) is 0 Å². The highest BCUT2D eigenvalue weighted by atomic mass is 16.5. The van der Waals surface area contributed by atoms with Gasteiger partial charge in [-0.05, 0) is 49.2 Å². The fourth-order valence-corrected chi connectivity index (χ4v) is 3.24. The Kier molecular flexibility index (Phi) is 6.56. The zero-order chi connectivity index (χ0) is 20.8. The Morgan fingerprint density at radius 2 is 1.93 bits per heavy atom. The van der Waals surface area contributed by atoms with E-state index in [1.54, 1.807) is 36.3 Å². The maximum absolute atomic E-state index is 12.7. The number of hydrogen-bond acceptors (Lipinski definition) is 5. The van der Waals surface area contributed by atoms with Crippen LogP contribution in [-0.4, -0.2) is 59.4 Å². The number of amides is 3. The van der Waals surface area contributed by atoms with E-state index in [1.807, 2.05) is 0 Å². The van der Waals surface area contributed by atoms with E-state index in [9.17, 15) is 19.8 Å². The Morgan fingerprint density at radius 3 is 2.66 bits per heavy atom. The van der Waals surface area contributed by atoms with Crippen LogP contribution >= 0.6 is 0 Å². The smallest absolute Gasteiger partial charge is 0.321 e. The van der Waals surface area contributed by atoms with E-state index in [0.29, 0.717) is 36.4 Å². The number of urea groups is 1. The summed E-state index contributed by atoms with van der Waals surface area (Å²) in [5.74, 6) is 0.327. The first-order valence-corrected chi connectivity index (χ1v) is 9.44. The lowest BCUT2D eigenvalue weighted by Gasteiger charge is -2.27. The number of anilines is 1. The Labute approximate surface area is 169 Å². The lowest BCUT2D eigenvalue weighted by molar-refractivity contribution is 0.0811. The molecule has 0 radical (unpaired) electrons. The van der Waals surface area contributed by atoms with Crippen molar-refractivity contribution in [3.63, 3.8) is 0 Å². The van der Waals surface area contributed by atoms with E-state index in [-0.39, 0.29) is 24.2 Å². The zero-order valence-electron chi connectivity index (χ0n) is 16.2. The summed E-state index contributed by atoms with van der Waals surface area (Å²) in [5.41, 5.74) is 0.968. The molecule has 1 aliphatic heterocycles. The fourth-order valence-electron chi connectivity index (χ4n) is 3.24. The highest BCUT2D eigenvalue weighted by molar-refractivity contribution is 5.94. The Morgan fingerprint density at radius 1 is 1.17 bits per heavy atom. The van der Waals surface area contributed by atoms with Crippen molar-refractivity contribution in [1.29, 1.82) is 0 Å². The molecule has 1 heterocycles. The largest absolute Gasteiger partial charge is 0.508 e. The van der Waals surface area contributed by atoms with Crippen molar-refractivity contribution < 1.29 is 24.5 Å². The summed E-state index contributed by atoms with van der Waals surface area (Å²) in [6, 6.07) is 12.0. The number of phenolic OH excluding ortho intramolecular Hbond substituents is 1. The number of aromatic hydroxyl groups is 1. The van der Waals surface area contributed by atoms with E-state index in [2.05, 4.69) is 10.6 Å². The lowest BCUT2D eigenvalue weighted by Crippen LogP contribution is -2.50. The van der Waals surface area contributed by atoms with Gasteiger partial charge in [0.2, 0.25) is 0 Å². The van der Waals surface area contributed by atoms with Crippen LogP contribution in [0.25, 0.3) is 0 Å². The maximum Gasteiger partial charge on any atom is 0.321 e. The average Bonchev–Trinajstić information content (AvgIpc) is 2.90. The van der Waals surface area contributed by atoms with Gasteiger partial charge in [-0.1, -0.05) is 6.07 Å². The molecule has 0 aliphatic carbocycles. The van der Waals surface area contributed by atoms with E-state index < -0.39 is 12.1 Å². The minimum absolute atomic E-state index is 0.0661. The van der Waals surface area contributed by atoms with Gasteiger partial charge in [-0.25, -0.2) is 4.79 Å². The van der Waals surface area contributed by atoms with Crippen molar-refractivity contribution in [2.75, 3.05) is 25.5 Å². The number of phenols is 1. The molecule has 2 aromatic carbocycles. The molecular weight excluding hydrogens is 374 g/mol. The molecule has 0 spiro atoms. The summed E-state index contributed by atoms with van der Waals surface area (Å²) >= 11 is 0. The molecule has 3 rings (SSSR count). The van der Waals surface area contributed by atoms with Crippen LogP contribution < -0.4 is 15.4 Å². The first-order chi connectivity index (χ1) is 14.0.